The molecule has 2 atom stereocenters. The lowest BCUT2D eigenvalue weighted by Gasteiger charge is -2.40. The first kappa shape index (κ1) is 27.6. The quantitative estimate of drug-likeness (QED) is 0.534. The molecule has 1 aromatic carbocycles. The van der Waals surface area contributed by atoms with Gasteiger partial charge in [-0.25, -0.2) is 0 Å². The van der Waals surface area contributed by atoms with E-state index in [1.54, 1.807) is 40.1 Å². The van der Waals surface area contributed by atoms with E-state index in [0.717, 1.165) is 50.5 Å². The van der Waals surface area contributed by atoms with Crippen molar-refractivity contribution in [3.8, 4) is 17.2 Å². The molecule has 1 saturated carbocycles. The number of primary amides is 1. The number of benzene rings is 1. The number of piperidine rings is 1. The molecule has 1 aromatic rings. The number of amides is 3. The molecule has 3 rings (SSSR count). The van der Waals surface area contributed by atoms with Crippen LogP contribution in [0.25, 0.3) is 0 Å². The van der Waals surface area contributed by atoms with Gasteiger partial charge in [-0.1, -0.05) is 19.3 Å². The zero-order valence-electron chi connectivity index (χ0n) is 22.2. The minimum absolute atomic E-state index is 0.0760. The molecule has 9 nitrogen and oxygen atoms in total. The van der Waals surface area contributed by atoms with E-state index in [-0.39, 0.29) is 17.7 Å². The van der Waals surface area contributed by atoms with E-state index in [4.69, 9.17) is 19.9 Å². The SMILES string of the molecule is COc1cc(C(C(=O)N2CCCC[C@H]2C(=O)NC(C)(C)C(N)=O)C2CCCCC2)cc(OC)c1OC. The van der Waals surface area contributed by atoms with Gasteiger partial charge in [0.2, 0.25) is 23.5 Å². The molecule has 1 saturated heterocycles. The molecule has 3 N–H and O–H groups in total. The fourth-order valence-electron chi connectivity index (χ4n) is 5.46. The maximum absolute atomic E-state index is 14.3. The number of rotatable bonds is 9. The van der Waals surface area contributed by atoms with Crippen LogP contribution in [0, 0.1) is 5.92 Å². The topological polar surface area (TPSA) is 120 Å². The van der Waals surface area contributed by atoms with Crippen molar-refractivity contribution in [1.29, 1.82) is 0 Å². The van der Waals surface area contributed by atoms with Gasteiger partial charge in [-0.15, -0.1) is 0 Å². The first-order valence-corrected chi connectivity index (χ1v) is 12.9. The Hall–Kier alpha value is -2.97. The summed E-state index contributed by atoms with van der Waals surface area (Å²) in [4.78, 5) is 41.1. The first-order chi connectivity index (χ1) is 17.1. The number of likely N-dealkylation sites (tertiary alicyclic amines) is 1. The average molecular weight is 504 g/mol. The monoisotopic (exact) mass is 503 g/mol. The summed E-state index contributed by atoms with van der Waals surface area (Å²) in [5.74, 6) is 0.114. The highest BCUT2D eigenvalue weighted by molar-refractivity contribution is 5.95. The fraction of sp³-hybridized carbons (Fsp3) is 0.667. The standard InChI is InChI=1S/C27H41N3O6/c1-27(2,26(28)33)29-24(31)19-13-9-10-14-30(19)25(32)22(17-11-7-6-8-12-17)18-15-20(34-3)23(36-5)21(16-18)35-4/h15-17,19,22H,6-14H2,1-5H3,(H2,28,33)(H,29,31)/t19-,22?/m0/s1. The van der Waals surface area contributed by atoms with Gasteiger partial charge in [0.15, 0.2) is 11.5 Å². The molecule has 0 bridgehead atoms. The number of carbonyl (C=O) groups excluding carboxylic acids is 3. The lowest BCUT2D eigenvalue weighted by atomic mass is 9.75. The van der Waals surface area contributed by atoms with Gasteiger partial charge < -0.3 is 30.2 Å². The highest BCUT2D eigenvalue weighted by Gasteiger charge is 2.41. The van der Waals surface area contributed by atoms with E-state index in [1.165, 1.54) is 0 Å². The van der Waals surface area contributed by atoms with Crippen molar-refractivity contribution < 1.29 is 28.6 Å². The molecule has 1 heterocycles. The summed E-state index contributed by atoms with van der Waals surface area (Å²) in [5, 5.41) is 2.76. The highest BCUT2D eigenvalue weighted by Crippen LogP contribution is 2.45. The van der Waals surface area contributed by atoms with E-state index in [9.17, 15) is 14.4 Å². The van der Waals surface area contributed by atoms with E-state index in [0.29, 0.717) is 30.2 Å². The molecule has 2 fully saturated rings. The maximum Gasteiger partial charge on any atom is 0.243 e. The molecular formula is C27H41N3O6. The molecule has 36 heavy (non-hydrogen) atoms. The molecule has 0 aromatic heterocycles. The van der Waals surface area contributed by atoms with Crippen molar-refractivity contribution in [2.24, 2.45) is 11.7 Å². The van der Waals surface area contributed by atoms with Gasteiger partial charge in [-0.3, -0.25) is 14.4 Å². The Bertz CT molecular complexity index is 932. The molecular weight excluding hydrogens is 462 g/mol. The maximum atomic E-state index is 14.3. The zero-order valence-corrected chi connectivity index (χ0v) is 22.2. The Balaban J connectivity index is 2.01. The molecule has 0 radical (unpaired) electrons. The Labute approximate surface area is 214 Å². The largest absolute Gasteiger partial charge is 0.493 e. The van der Waals surface area contributed by atoms with Gasteiger partial charge in [0.1, 0.15) is 11.6 Å². The minimum atomic E-state index is -1.21. The van der Waals surface area contributed by atoms with Crippen LogP contribution in [0.4, 0.5) is 0 Å². The van der Waals surface area contributed by atoms with Gasteiger partial charge in [0.25, 0.3) is 0 Å². The Kier molecular flexibility index (Phi) is 9.08. The summed E-state index contributed by atoms with van der Waals surface area (Å²) in [5.41, 5.74) is 5.06. The Morgan fingerprint density at radius 2 is 1.53 bits per heavy atom. The summed E-state index contributed by atoms with van der Waals surface area (Å²) >= 11 is 0. The average Bonchev–Trinajstić information content (AvgIpc) is 2.88. The number of nitrogens with zero attached hydrogens (tertiary/aromatic N) is 1. The van der Waals surface area contributed by atoms with Crippen LogP contribution in [-0.4, -0.2) is 62.1 Å². The third-order valence-electron chi connectivity index (χ3n) is 7.57. The van der Waals surface area contributed by atoms with Crippen LogP contribution in [-0.2, 0) is 14.4 Å². The van der Waals surface area contributed by atoms with Crippen molar-refractivity contribution in [3.63, 3.8) is 0 Å². The van der Waals surface area contributed by atoms with Gasteiger partial charge in [0.05, 0.1) is 27.2 Å². The third kappa shape index (κ3) is 5.87. The lowest BCUT2D eigenvalue weighted by Crippen LogP contribution is -2.60. The highest BCUT2D eigenvalue weighted by atomic mass is 16.5. The first-order valence-electron chi connectivity index (χ1n) is 12.9. The van der Waals surface area contributed by atoms with Crippen LogP contribution in [0.15, 0.2) is 12.1 Å². The normalized spacial score (nSPS) is 19.8. The summed E-state index contributed by atoms with van der Waals surface area (Å²) in [7, 11) is 4.67. The van der Waals surface area contributed by atoms with Crippen LogP contribution in [0.3, 0.4) is 0 Å². The van der Waals surface area contributed by atoms with Crippen LogP contribution < -0.4 is 25.3 Å². The van der Waals surface area contributed by atoms with Crippen LogP contribution in [0.2, 0.25) is 0 Å². The van der Waals surface area contributed by atoms with Gasteiger partial charge in [0, 0.05) is 6.54 Å². The fourth-order valence-corrected chi connectivity index (χ4v) is 5.46. The number of nitrogens with one attached hydrogen (secondary N) is 1. The molecule has 3 amide bonds. The molecule has 0 spiro atoms. The van der Waals surface area contributed by atoms with Crippen molar-refractivity contribution in [2.45, 2.75) is 82.7 Å². The molecule has 200 valence electrons. The van der Waals surface area contributed by atoms with Crippen LogP contribution in [0.5, 0.6) is 17.2 Å². The van der Waals surface area contributed by atoms with Gasteiger partial charge in [-0.05, 0) is 69.6 Å². The summed E-state index contributed by atoms with van der Waals surface area (Å²) < 4.78 is 16.7. The van der Waals surface area contributed by atoms with E-state index in [2.05, 4.69) is 5.32 Å². The number of hydrogen-bond donors (Lipinski definition) is 2. The number of carbonyl (C=O) groups is 3. The zero-order chi connectivity index (χ0) is 26.5. The molecule has 9 heteroatoms. The summed E-state index contributed by atoms with van der Waals surface area (Å²) in [6.45, 7) is 3.63. The summed E-state index contributed by atoms with van der Waals surface area (Å²) in [6, 6.07) is 3.06. The number of hydrogen-bond acceptors (Lipinski definition) is 6. The van der Waals surface area contributed by atoms with Crippen LogP contribution in [0.1, 0.15) is 76.7 Å². The van der Waals surface area contributed by atoms with Gasteiger partial charge >= 0.3 is 0 Å². The molecule has 1 aliphatic heterocycles. The van der Waals surface area contributed by atoms with E-state index < -0.39 is 23.4 Å². The minimum Gasteiger partial charge on any atom is -0.493 e. The van der Waals surface area contributed by atoms with Crippen LogP contribution >= 0.6 is 0 Å². The van der Waals surface area contributed by atoms with E-state index >= 15 is 0 Å². The third-order valence-corrected chi connectivity index (χ3v) is 7.57. The predicted molar refractivity (Wildman–Crippen MR) is 136 cm³/mol. The number of methoxy groups -OCH3 is 3. The molecule has 1 unspecified atom stereocenters. The Morgan fingerprint density at radius 1 is 0.944 bits per heavy atom. The smallest absolute Gasteiger partial charge is 0.243 e. The van der Waals surface area contributed by atoms with Crippen molar-refractivity contribution in [2.75, 3.05) is 27.9 Å². The number of nitrogens with two attached hydrogens (primary N) is 1. The second-order valence-electron chi connectivity index (χ2n) is 10.4. The van der Waals surface area contributed by atoms with Gasteiger partial charge in [-0.2, -0.15) is 0 Å². The second-order valence-corrected chi connectivity index (χ2v) is 10.4. The second kappa shape index (κ2) is 11.8. The Morgan fingerprint density at radius 3 is 2.06 bits per heavy atom. The molecule has 1 aliphatic carbocycles. The lowest BCUT2D eigenvalue weighted by molar-refractivity contribution is -0.146. The van der Waals surface area contributed by atoms with Crippen molar-refractivity contribution >= 4 is 17.7 Å². The van der Waals surface area contributed by atoms with E-state index in [1.807, 2.05) is 12.1 Å². The van der Waals surface area contributed by atoms with Crippen molar-refractivity contribution in [1.82, 2.24) is 10.2 Å². The summed E-state index contributed by atoms with van der Waals surface area (Å²) in [6.07, 6.45) is 7.35. The predicted octanol–water partition coefficient (Wildman–Crippen LogP) is 3.14. The van der Waals surface area contributed by atoms with Crippen molar-refractivity contribution in [3.05, 3.63) is 17.7 Å². The number of ether oxygens (including phenoxy) is 3. The molecule has 2 aliphatic rings.